The Kier molecular flexibility index (Phi) is 8.36. The highest BCUT2D eigenvalue weighted by atomic mass is 127. The van der Waals surface area contributed by atoms with Crippen molar-refractivity contribution in [2.75, 3.05) is 29.7 Å². The molecule has 0 bridgehead atoms. The van der Waals surface area contributed by atoms with Crippen molar-refractivity contribution >= 4 is 57.0 Å². The lowest BCUT2D eigenvalue weighted by atomic mass is 10.2. The molecule has 1 aromatic carbocycles. The second-order valence-corrected chi connectivity index (χ2v) is 8.81. The average molecular weight is 520 g/mol. The number of hydrogen-bond acceptors (Lipinski definition) is 4. The second kappa shape index (κ2) is 10.3. The minimum absolute atomic E-state index is 0. The van der Waals surface area contributed by atoms with Crippen molar-refractivity contribution in [2.45, 2.75) is 19.9 Å². The van der Waals surface area contributed by atoms with Gasteiger partial charge in [0, 0.05) is 19.6 Å². The fourth-order valence-corrected chi connectivity index (χ4v) is 4.99. The van der Waals surface area contributed by atoms with Crippen molar-refractivity contribution in [2.24, 2.45) is 4.99 Å². The van der Waals surface area contributed by atoms with Crippen molar-refractivity contribution in [3.63, 3.8) is 0 Å². The molecule has 1 aliphatic heterocycles. The Hall–Kier alpha value is -1.33. The van der Waals surface area contributed by atoms with Gasteiger partial charge in [0.25, 0.3) is 0 Å². The molecule has 0 unspecified atom stereocenters. The number of guanidine groups is 1. The zero-order valence-corrected chi connectivity index (χ0v) is 19.2. The molecule has 2 N–H and O–H groups in total. The smallest absolute Gasteiger partial charge is 0.236 e. The van der Waals surface area contributed by atoms with Crippen LogP contribution < -0.4 is 14.9 Å². The van der Waals surface area contributed by atoms with Crippen LogP contribution in [0.4, 0.5) is 5.69 Å². The summed E-state index contributed by atoms with van der Waals surface area (Å²) in [6.07, 6.45) is 0.771. The number of thiophene rings is 1. The maximum Gasteiger partial charge on any atom is 0.236 e. The van der Waals surface area contributed by atoms with Gasteiger partial charge in [0.2, 0.25) is 10.0 Å². The predicted molar refractivity (Wildman–Crippen MR) is 124 cm³/mol. The number of para-hydroxylation sites is 1. The van der Waals surface area contributed by atoms with E-state index in [4.69, 9.17) is 0 Å². The highest BCUT2D eigenvalue weighted by Gasteiger charge is 2.28. The van der Waals surface area contributed by atoms with Crippen LogP contribution in [-0.4, -0.2) is 39.8 Å². The van der Waals surface area contributed by atoms with E-state index in [0.29, 0.717) is 25.6 Å². The van der Waals surface area contributed by atoms with Crippen molar-refractivity contribution in [1.29, 1.82) is 0 Å². The van der Waals surface area contributed by atoms with Crippen LogP contribution in [0.15, 0.2) is 46.1 Å². The number of benzene rings is 1. The monoisotopic (exact) mass is 520 g/mol. The van der Waals surface area contributed by atoms with Crippen LogP contribution in [0.5, 0.6) is 0 Å². The molecular weight excluding hydrogens is 495 g/mol. The number of fused-ring (bicyclic) bond motifs is 1. The van der Waals surface area contributed by atoms with Gasteiger partial charge in [-0.3, -0.25) is 4.31 Å². The van der Waals surface area contributed by atoms with Crippen LogP contribution >= 0.6 is 35.3 Å². The first-order valence-corrected chi connectivity index (χ1v) is 11.3. The van der Waals surface area contributed by atoms with Gasteiger partial charge in [-0.25, -0.2) is 13.4 Å². The van der Waals surface area contributed by atoms with Gasteiger partial charge in [-0.15, -0.1) is 24.0 Å². The Morgan fingerprint density at radius 3 is 2.81 bits per heavy atom. The maximum absolute atomic E-state index is 12.7. The van der Waals surface area contributed by atoms with E-state index in [1.807, 2.05) is 42.6 Å². The second-order valence-electron chi connectivity index (χ2n) is 6.02. The molecule has 1 aliphatic rings. The Bertz CT molecular complexity index is 854. The standard InChI is InChI=1S/C18H24N4O2S2.HI/c1-2-19-18(21-13-15-8-11-25-14-15)20-9-12-26(23,24)22-10-7-16-5-3-4-6-17(16)22;/h3-6,8,11,14H,2,7,9-10,12-13H2,1H3,(H2,19,20,21);1H. The number of anilines is 1. The van der Waals surface area contributed by atoms with Crippen LogP contribution in [0, 0.1) is 0 Å². The van der Waals surface area contributed by atoms with Gasteiger partial charge in [-0.2, -0.15) is 11.3 Å². The summed E-state index contributed by atoms with van der Waals surface area (Å²) in [5.74, 6) is 0.667. The molecule has 9 heteroatoms. The summed E-state index contributed by atoms with van der Waals surface area (Å²) in [4.78, 5) is 4.50. The molecule has 0 saturated carbocycles. The molecule has 1 aromatic heterocycles. The van der Waals surface area contributed by atoms with Crippen LogP contribution in [0.3, 0.4) is 0 Å². The third-order valence-electron chi connectivity index (χ3n) is 4.18. The molecule has 0 spiro atoms. The number of hydrogen-bond donors (Lipinski definition) is 2. The molecule has 2 heterocycles. The molecular formula is C18H25IN4O2S2. The van der Waals surface area contributed by atoms with E-state index >= 15 is 0 Å². The number of rotatable bonds is 7. The van der Waals surface area contributed by atoms with Gasteiger partial charge in [0.15, 0.2) is 5.96 Å². The maximum atomic E-state index is 12.7. The van der Waals surface area contributed by atoms with Gasteiger partial charge in [0.05, 0.1) is 18.0 Å². The number of sulfonamides is 1. The Morgan fingerprint density at radius 2 is 2.07 bits per heavy atom. The molecule has 0 aliphatic carbocycles. The number of nitrogens with zero attached hydrogens (tertiary/aromatic N) is 2. The minimum atomic E-state index is -3.35. The van der Waals surface area contributed by atoms with E-state index in [-0.39, 0.29) is 29.7 Å². The van der Waals surface area contributed by atoms with Crippen LogP contribution in [-0.2, 0) is 23.0 Å². The van der Waals surface area contributed by atoms with E-state index in [1.165, 1.54) is 4.31 Å². The van der Waals surface area contributed by atoms with E-state index in [2.05, 4.69) is 21.0 Å². The van der Waals surface area contributed by atoms with Crippen LogP contribution in [0.1, 0.15) is 18.1 Å². The summed E-state index contributed by atoms with van der Waals surface area (Å²) in [5.41, 5.74) is 3.05. The van der Waals surface area contributed by atoms with Crippen LogP contribution in [0.25, 0.3) is 0 Å². The van der Waals surface area contributed by atoms with Crippen molar-refractivity contribution in [3.8, 4) is 0 Å². The molecule has 0 saturated heterocycles. The topological polar surface area (TPSA) is 73.8 Å². The van der Waals surface area contributed by atoms with Gasteiger partial charge in [0.1, 0.15) is 0 Å². The van der Waals surface area contributed by atoms with E-state index < -0.39 is 10.0 Å². The molecule has 6 nitrogen and oxygen atoms in total. The highest BCUT2D eigenvalue weighted by Crippen LogP contribution is 2.29. The van der Waals surface area contributed by atoms with Crippen molar-refractivity contribution < 1.29 is 8.42 Å². The predicted octanol–water partition coefficient (Wildman–Crippen LogP) is 2.81. The summed E-state index contributed by atoms with van der Waals surface area (Å²) in [7, 11) is -3.35. The van der Waals surface area contributed by atoms with Crippen molar-refractivity contribution in [3.05, 3.63) is 52.2 Å². The normalized spacial score (nSPS) is 13.8. The lowest BCUT2D eigenvalue weighted by molar-refractivity contribution is 0.591. The summed E-state index contributed by atoms with van der Waals surface area (Å²) in [6.45, 7) is 4.12. The van der Waals surface area contributed by atoms with Gasteiger partial charge >= 0.3 is 0 Å². The van der Waals surface area contributed by atoms with Crippen molar-refractivity contribution in [1.82, 2.24) is 10.6 Å². The quantitative estimate of drug-likeness (QED) is 0.335. The highest BCUT2D eigenvalue weighted by molar-refractivity contribution is 14.0. The SMILES string of the molecule is CCNC(=NCc1ccsc1)NCCS(=O)(=O)N1CCc2ccccc21.I. The molecule has 0 amide bonds. The fraction of sp³-hybridized carbons (Fsp3) is 0.389. The Labute approximate surface area is 182 Å². The minimum Gasteiger partial charge on any atom is -0.357 e. The van der Waals surface area contributed by atoms with Gasteiger partial charge in [-0.05, 0) is 47.4 Å². The molecule has 148 valence electrons. The summed E-state index contributed by atoms with van der Waals surface area (Å²) < 4.78 is 26.9. The summed E-state index contributed by atoms with van der Waals surface area (Å²) in [5, 5.41) is 10.4. The molecule has 0 atom stereocenters. The molecule has 0 fully saturated rings. The first-order valence-electron chi connectivity index (χ1n) is 8.72. The van der Waals surface area contributed by atoms with Gasteiger partial charge < -0.3 is 10.6 Å². The summed E-state index contributed by atoms with van der Waals surface area (Å²) in [6, 6.07) is 9.73. The third kappa shape index (κ3) is 5.82. The van der Waals surface area contributed by atoms with E-state index in [1.54, 1.807) is 11.3 Å². The molecule has 2 aromatic rings. The lowest BCUT2D eigenvalue weighted by Crippen LogP contribution is -2.42. The Morgan fingerprint density at radius 1 is 1.26 bits per heavy atom. The number of halogens is 1. The molecule has 27 heavy (non-hydrogen) atoms. The number of aliphatic imine (C=N–C) groups is 1. The third-order valence-corrected chi connectivity index (χ3v) is 6.68. The molecule has 3 rings (SSSR count). The van der Waals surface area contributed by atoms with E-state index in [0.717, 1.165) is 29.8 Å². The zero-order chi connectivity index (χ0) is 18.4. The first-order chi connectivity index (χ1) is 12.6. The lowest BCUT2D eigenvalue weighted by Gasteiger charge is -2.20. The van der Waals surface area contributed by atoms with Gasteiger partial charge in [-0.1, -0.05) is 18.2 Å². The number of nitrogens with one attached hydrogen (secondary N) is 2. The van der Waals surface area contributed by atoms with E-state index in [9.17, 15) is 8.42 Å². The fourth-order valence-electron chi connectivity index (χ4n) is 2.90. The molecule has 0 radical (unpaired) electrons. The zero-order valence-electron chi connectivity index (χ0n) is 15.2. The largest absolute Gasteiger partial charge is 0.357 e. The summed E-state index contributed by atoms with van der Waals surface area (Å²) >= 11 is 1.64. The first kappa shape index (κ1) is 22.0. The Balaban J connectivity index is 0.00000261. The average Bonchev–Trinajstić information content (AvgIpc) is 3.29. The van der Waals surface area contributed by atoms with Crippen LogP contribution in [0.2, 0.25) is 0 Å².